The molecule has 1 aromatic rings. The number of benzene rings is 1. The van der Waals surface area contributed by atoms with E-state index in [1.165, 1.54) is 17.0 Å². The first-order chi connectivity index (χ1) is 11.5. The topological polar surface area (TPSA) is 81.8 Å². The van der Waals surface area contributed by atoms with Crippen molar-refractivity contribution in [1.29, 1.82) is 0 Å². The molecule has 0 aliphatic carbocycles. The Morgan fingerprint density at radius 3 is 2.92 bits per heavy atom. The number of likely N-dealkylation sites (tertiary alicyclic amines) is 1. The zero-order chi connectivity index (χ0) is 17.1. The Morgan fingerprint density at radius 1 is 1.38 bits per heavy atom. The Morgan fingerprint density at radius 2 is 2.21 bits per heavy atom. The Balaban J connectivity index is 1.56. The highest BCUT2D eigenvalue weighted by Crippen LogP contribution is 2.17. The van der Waals surface area contributed by atoms with E-state index in [2.05, 4.69) is 10.6 Å². The molecule has 0 bridgehead atoms. The fraction of sp³-hybridized carbons (Fsp3) is 0.438. The first-order valence-corrected chi connectivity index (χ1v) is 7.90. The van der Waals surface area contributed by atoms with Gasteiger partial charge in [-0.05, 0) is 31.0 Å². The number of carbonyl (C=O) groups is 3. The van der Waals surface area contributed by atoms with Crippen molar-refractivity contribution in [2.24, 2.45) is 0 Å². The smallest absolute Gasteiger partial charge is 0.325 e. The maximum Gasteiger partial charge on any atom is 0.325 e. The van der Waals surface area contributed by atoms with Crippen LogP contribution in [0.15, 0.2) is 24.3 Å². The highest BCUT2D eigenvalue weighted by atomic mass is 19.1. The van der Waals surface area contributed by atoms with Crippen LogP contribution in [0.2, 0.25) is 0 Å². The van der Waals surface area contributed by atoms with Gasteiger partial charge in [0.05, 0.1) is 0 Å². The Bertz CT molecular complexity index is 666. The molecule has 2 heterocycles. The van der Waals surface area contributed by atoms with E-state index in [0.717, 1.165) is 12.8 Å². The number of piperidine rings is 1. The van der Waals surface area contributed by atoms with Crippen LogP contribution in [-0.2, 0) is 9.59 Å². The number of rotatable bonds is 4. The Labute approximate surface area is 138 Å². The molecular formula is C16H19FN4O3. The van der Waals surface area contributed by atoms with Crippen molar-refractivity contribution < 1.29 is 18.8 Å². The van der Waals surface area contributed by atoms with Crippen molar-refractivity contribution in [3.05, 3.63) is 30.1 Å². The van der Waals surface area contributed by atoms with Gasteiger partial charge in [-0.15, -0.1) is 0 Å². The fourth-order valence-electron chi connectivity index (χ4n) is 3.01. The number of hydrogen-bond acceptors (Lipinski definition) is 4. The number of urea groups is 1. The van der Waals surface area contributed by atoms with Crippen LogP contribution in [0.5, 0.6) is 0 Å². The van der Waals surface area contributed by atoms with Gasteiger partial charge in [-0.1, -0.05) is 6.07 Å². The molecule has 2 fully saturated rings. The maximum atomic E-state index is 13.2. The third-order valence-electron chi connectivity index (χ3n) is 4.16. The second-order valence-electron chi connectivity index (χ2n) is 6.04. The molecule has 0 saturated carbocycles. The summed E-state index contributed by atoms with van der Waals surface area (Å²) in [7, 11) is 0. The van der Waals surface area contributed by atoms with Gasteiger partial charge in [0, 0.05) is 24.8 Å². The first kappa shape index (κ1) is 16.2. The number of nitrogens with zero attached hydrogens (tertiary/aromatic N) is 2. The van der Waals surface area contributed by atoms with Crippen LogP contribution in [-0.4, -0.2) is 59.9 Å². The molecule has 2 N–H and O–H groups in total. The van der Waals surface area contributed by atoms with Crippen LogP contribution in [0.1, 0.15) is 12.8 Å². The summed E-state index contributed by atoms with van der Waals surface area (Å²) in [5.41, 5.74) is 0.679. The van der Waals surface area contributed by atoms with Crippen molar-refractivity contribution in [3.63, 3.8) is 0 Å². The third-order valence-corrected chi connectivity index (χ3v) is 4.16. The van der Waals surface area contributed by atoms with Crippen LogP contribution in [0.4, 0.5) is 14.9 Å². The fourth-order valence-corrected chi connectivity index (χ4v) is 3.01. The summed E-state index contributed by atoms with van der Waals surface area (Å²) in [6.07, 6.45) is 1.70. The highest BCUT2D eigenvalue weighted by molar-refractivity contribution is 6.03. The number of nitrogens with one attached hydrogen (secondary N) is 2. The second-order valence-corrected chi connectivity index (χ2v) is 6.04. The molecule has 0 spiro atoms. The maximum absolute atomic E-state index is 13.2. The van der Waals surface area contributed by atoms with Crippen LogP contribution in [0.3, 0.4) is 0 Å². The van der Waals surface area contributed by atoms with Gasteiger partial charge in [-0.2, -0.15) is 0 Å². The second kappa shape index (κ2) is 6.86. The normalized spacial score (nSPS) is 21.0. The largest absolute Gasteiger partial charge is 0.380 e. The van der Waals surface area contributed by atoms with Crippen LogP contribution < -0.4 is 10.6 Å². The standard InChI is InChI=1S/C16H19FN4O3/c17-11-3-1-4-12(7-11)18-13-5-2-6-20(8-13)15(23)10-21-9-14(22)19-16(21)24/h1,3-4,7,13,18H,2,5-6,8-10H2,(H,19,22,24)/t13-/m1/s1. The summed E-state index contributed by atoms with van der Waals surface area (Å²) in [5.74, 6) is -0.892. The quantitative estimate of drug-likeness (QED) is 0.798. The lowest BCUT2D eigenvalue weighted by Crippen LogP contribution is -2.49. The molecular weight excluding hydrogens is 315 g/mol. The van der Waals surface area contributed by atoms with E-state index in [0.29, 0.717) is 18.8 Å². The van der Waals surface area contributed by atoms with Crippen molar-refractivity contribution in [2.75, 3.05) is 31.5 Å². The lowest BCUT2D eigenvalue weighted by Gasteiger charge is -2.34. The monoisotopic (exact) mass is 334 g/mol. The molecule has 0 aromatic heterocycles. The highest BCUT2D eigenvalue weighted by Gasteiger charge is 2.31. The van der Waals surface area contributed by atoms with Gasteiger partial charge < -0.3 is 15.1 Å². The predicted molar refractivity (Wildman–Crippen MR) is 84.7 cm³/mol. The van der Waals surface area contributed by atoms with Gasteiger partial charge in [0.1, 0.15) is 18.9 Å². The minimum Gasteiger partial charge on any atom is -0.380 e. The van der Waals surface area contributed by atoms with Gasteiger partial charge in [0.25, 0.3) is 0 Å². The third kappa shape index (κ3) is 3.81. The van der Waals surface area contributed by atoms with Crippen molar-refractivity contribution in [3.8, 4) is 0 Å². The van der Waals surface area contributed by atoms with E-state index in [4.69, 9.17) is 0 Å². The summed E-state index contributed by atoms with van der Waals surface area (Å²) >= 11 is 0. The number of hydrogen-bond donors (Lipinski definition) is 2. The van der Waals surface area contributed by atoms with E-state index < -0.39 is 11.9 Å². The molecule has 24 heavy (non-hydrogen) atoms. The van der Waals surface area contributed by atoms with E-state index in [1.807, 2.05) is 0 Å². The zero-order valence-corrected chi connectivity index (χ0v) is 13.1. The zero-order valence-electron chi connectivity index (χ0n) is 13.1. The van der Waals surface area contributed by atoms with Gasteiger partial charge in [0.2, 0.25) is 11.8 Å². The number of anilines is 1. The van der Waals surface area contributed by atoms with Gasteiger partial charge in [-0.3, -0.25) is 14.9 Å². The SMILES string of the molecule is O=C1CN(CC(=O)N2CCC[C@@H](Nc3cccc(F)c3)C2)C(=O)N1. The molecule has 0 radical (unpaired) electrons. The minimum absolute atomic E-state index is 0.0264. The number of carbonyl (C=O) groups excluding carboxylic acids is 3. The average molecular weight is 334 g/mol. The molecule has 7 nitrogen and oxygen atoms in total. The van der Waals surface area contributed by atoms with E-state index in [-0.39, 0.29) is 30.9 Å². The first-order valence-electron chi connectivity index (χ1n) is 7.90. The van der Waals surface area contributed by atoms with Crippen molar-refractivity contribution in [2.45, 2.75) is 18.9 Å². The molecule has 0 unspecified atom stereocenters. The van der Waals surface area contributed by atoms with Crippen molar-refractivity contribution in [1.82, 2.24) is 15.1 Å². The van der Waals surface area contributed by atoms with Gasteiger partial charge in [-0.25, -0.2) is 9.18 Å². The summed E-state index contributed by atoms with van der Waals surface area (Å²) in [4.78, 5) is 37.9. The Hall–Kier alpha value is -2.64. The molecule has 2 aliphatic heterocycles. The Kier molecular flexibility index (Phi) is 4.64. The van der Waals surface area contributed by atoms with Crippen molar-refractivity contribution >= 4 is 23.5 Å². The van der Waals surface area contributed by atoms with Crippen LogP contribution in [0.25, 0.3) is 0 Å². The summed E-state index contributed by atoms with van der Waals surface area (Å²) in [6, 6.07) is 5.71. The summed E-state index contributed by atoms with van der Waals surface area (Å²) < 4.78 is 13.2. The number of amides is 4. The average Bonchev–Trinajstić information content (AvgIpc) is 2.85. The van der Waals surface area contributed by atoms with Crippen LogP contribution >= 0.6 is 0 Å². The molecule has 2 aliphatic rings. The van der Waals surface area contributed by atoms with E-state index in [9.17, 15) is 18.8 Å². The summed E-state index contributed by atoms with van der Waals surface area (Å²) in [5, 5.41) is 5.39. The molecule has 3 rings (SSSR count). The molecule has 8 heteroatoms. The molecule has 128 valence electrons. The lowest BCUT2D eigenvalue weighted by atomic mass is 10.1. The molecule has 4 amide bonds. The van der Waals surface area contributed by atoms with Gasteiger partial charge >= 0.3 is 6.03 Å². The predicted octanol–water partition coefficient (Wildman–Crippen LogP) is 0.780. The number of halogens is 1. The molecule has 1 aromatic carbocycles. The summed E-state index contributed by atoms with van der Waals surface area (Å²) in [6.45, 7) is 0.913. The minimum atomic E-state index is -0.528. The lowest BCUT2D eigenvalue weighted by molar-refractivity contribution is -0.132. The van der Waals surface area contributed by atoms with Crippen LogP contribution in [0, 0.1) is 5.82 Å². The molecule has 2 saturated heterocycles. The van der Waals surface area contributed by atoms with Gasteiger partial charge in [0.15, 0.2) is 0 Å². The van der Waals surface area contributed by atoms with E-state index in [1.54, 1.807) is 17.0 Å². The van der Waals surface area contributed by atoms with E-state index >= 15 is 0 Å². The molecule has 1 atom stereocenters. The number of imide groups is 1.